The summed E-state index contributed by atoms with van der Waals surface area (Å²) in [5, 5.41) is 0. The highest BCUT2D eigenvalue weighted by atomic mass is 16.5. The number of rotatable bonds is 3. The lowest BCUT2D eigenvalue weighted by Crippen LogP contribution is -2.05. The van der Waals surface area contributed by atoms with Crippen LogP contribution in [0.3, 0.4) is 0 Å². The topological polar surface area (TPSA) is 44.1 Å². The summed E-state index contributed by atoms with van der Waals surface area (Å²) < 4.78 is 6.24. The first-order chi connectivity index (χ1) is 5.33. The van der Waals surface area contributed by atoms with Crippen molar-refractivity contribution in [2.45, 2.75) is 13.0 Å². The lowest BCUT2D eigenvalue weighted by atomic mass is 10.4. The molecule has 1 radical (unpaired) electrons. The molecular formula is C7H9N2O2. The second-order valence-electron chi connectivity index (χ2n) is 2.07. The molecule has 1 rings (SSSR count). The van der Waals surface area contributed by atoms with E-state index in [-0.39, 0.29) is 5.97 Å². The van der Waals surface area contributed by atoms with Crippen molar-refractivity contribution in [3.8, 4) is 0 Å². The van der Waals surface area contributed by atoms with Crippen LogP contribution in [-0.2, 0) is 16.1 Å². The molecule has 0 aromatic carbocycles. The van der Waals surface area contributed by atoms with Crippen LogP contribution >= 0.6 is 0 Å². The van der Waals surface area contributed by atoms with Gasteiger partial charge in [0, 0.05) is 12.7 Å². The smallest absolute Gasteiger partial charge is 0.307 e. The summed E-state index contributed by atoms with van der Waals surface area (Å²) in [4.78, 5) is 14.4. The molecule has 0 fully saturated rings. The van der Waals surface area contributed by atoms with Crippen LogP contribution in [0.25, 0.3) is 0 Å². The minimum atomic E-state index is -0.210. The number of nitrogens with zero attached hydrogens (tertiary/aromatic N) is 2. The summed E-state index contributed by atoms with van der Waals surface area (Å²) in [5.74, 6) is -0.210. The Kier molecular flexibility index (Phi) is 2.66. The van der Waals surface area contributed by atoms with Crippen LogP contribution in [0.4, 0.5) is 0 Å². The van der Waals surface area contributed by atoms with Gasteiger partial charge >= 0.3 is 5.97 Å². The van der Waals surface area contributed by atoms with E-state index in [0.717, 1.165) is 0 Å². The summed E-state index contributed by atoms with van der Waals surface area (Å²) in [6, 6.07) is 0. The van der Waals surface area contributed by atoms with E-state index in [1.54, 1.807) is 17.1 Å². The molecule has 0 atom stereocenters. The number of hydrogen-bond acceptors (Lipinski definition) is 3. The third kappa shape index (κ3) is 2.41. The fourth-order valence-electron chi connectivity index (χ4n) is 0.693. The lowest BCUT2D eigenvalue weighted by Gasteiger charge is -1.98. The van der Waals surface area contributed by atoms with Crippen molar-refractivity contribution in [1.29, 1.82) is 0 Å². The molecule has 0 aliphatic carbocycles. The van der Waals surface area contributed by atoms with Gasteiger partial charge in [0.2, 0.25) is 0 Å². The SMILES string of the molecule is COC(=O)CCn1c[c]nc1. The quantitative estimate of drug-likeness (QED) is 0.584. The van der Waals surface area contributed by atoms with Gasteiger partial charge < -0.3 is 9.30 Å². The summed E-state index contributed by atoms with van der Waals surface area (Å²) in [6.07, 6.45) is 6.31. The number of ether oxygens (including phenoxy) is 1. The predicted molar refractivity (Wildman–Crippen MR) is 37.7 cm³/mol. The Morgan fingerprint density at radius 2 is 2.64 bits per heavy atom. The number of carbonyl (C=O) groups is 1. The molecule has 4 heteroatoms. The van der Waals surface area contributed by atoms with Gasteiger partial charge in [0.25, 0.3) is 0 Å². The zero-order valence-electron chi connectivity index (χ0n) is 6.28. The molecule has 1 aromatic rings. The highest BCUT2D eigenvalue weighted by Crippen LogP contribution is 1.91. The largest absolute Gasteiger partial charge is 0.469 e. The van der Waals surface area contributed by atoms with Gasteiger partial charge in [0.15, 0.2) is 0 Å². The number of aromatic nitrogens is 2. The van der Waals surface area contributed by atoms with Crippen molar-refractivity contribution < 1.29 is 9.53 Å². The van der Waals surface area contributed by atoms with Crippen LogP contribution in [0.1, 0.15) is 6.42 Å². The molecule has 1 aromatic heterocycles. The second kappa shape index (κ2) is 3.75. The van der Waals surface area contributed by atoms with E-state index in [1.165, 1.54) is 7.11 Å². The molecule has 0 aliphatic heterocycles. The van der Waals surface area contributed by atoms with Crippen molar-refractivity contribution in [2.24, 2.45) is 0 Å². The molecule has 59 valence electrons. The monoisotopic (exact) mass is 153 g/mol. The van der Waals surface area contributed by atoms with E-state index >= 15 is 0 Å². The maximum atomic E-state index is 10.6. The van der Waals surface area contributed by atoms with Crippen molar-refractivity contribution in [3.63, 3.8) is 0 Å². The van der Waals surface area contributed by atoms with Crippen molar-refractivity contribution in [1.82, 2.24) is 9.55 Å². The summed E-state index contributed by atoms with van der Waals surface area (Å²) in [5.41, 5.74) is 0. The van der Waals surface area contributed by atoms with Gasteiger partial charge in [-0.25, -0.2) is 4.98 Å². The average Bonchev–Trinajstić information content (AvgIpc) is 2.52. The third-order valence-electron chi connectivity index (χ3n) is 1.31. The first-order valence-corrected chi connectivity index (χ1v) is 3.27. The van der Waals surface area contributed by atoms with Crippen LogP contribution in [-0.4, -0.2) is 22.6 Å². The molecule has 0 unspecified atom stereocenters. The number of carbonyl (C=O) groups excluding carboxylic acids is 1. The van der Waals surface area contributed by atoms with Gasteiger partial charge in [-0.1, -0.05) is 0 Å². The zero-order chi connectivity index (χ0) is 8.10. The maximum absolute atomic E-state index is 10.6. The van der Waals surface area contributed by atoms with E-state index < -0.39 is 0 Å². The fraction of sp³-hybridized carbons (Fsp3) is 0.429. The van der Waals surface area contributed by atoms with Crippen molar-refractivity contribution in [2.75, 3.05) is 7.11 Å². The number of esters is 1. The number of hydrogen-bond donors (Lipinski definition) is 0. The molecular weight excluding hydrogens is 144 g/mol. The Balaban J connectivity index is 2.29. The lowest BCUT2D eigenvalue weighted by molar-refractivity contribution is -0.140. The normalized spacial score (nSPS) is 9.55. The Morgan fingerprint density at radius 1 is 1.82 bits per heavy atom. The van der Waals surface area contributed by atoms with Gasteiger partial charge in [-0.2, -0.15) is 0 Å². The van der Waals surface area contributed by atoms with E-state index in [0.29, 0.717) is 13.0 Å². The molecule has 0 saturated carbocycles. The van der Waals surface area contributed by atoms with E-state index in [1.807, 2.05) is 0 Å². The van der Waals surface area contributed by atoms with Crippen LogP contribution in [0.2, 0.25) is 0 Å². The third-order valence-corrected chi connectivity index (χ3v) is 1.31. The summed E-state index contributed by atoms with van der Waals surface area (Å²) >= 11 is 0. The van der Waals surface area contributed by atoms with Crippen LogP contribution < -0.4 is 0 Å². The number of imidazole rings is 1. The van der Waals surface area contributed by atoms with Crippen LogP contribution in [0.15, 0.2) is 12.5 Å². The standard InChI is InChI=1S/C7H9N2O2/c1-11-7(10)2-4-9-5-3-8-6-9/h5-6H,2,4H2,1H3. The van der Waals surface area contributed by atoms with Gasteiger partial charge in [-0.05, 0) is 0 Å². The molecule has 0 amide bonds. The summed E-state index contributed by atoms with van der Waals surface area (Å²) in [6.45, 7) is 0.600. The number of aryl methyl sites for hydroxylation is 1. The second-order valence-corrected chi connectivity index (χ2v) is 2.07. The van der Waals surface area contributed by atoms with E-state index in [9.17, 15) is 4.79 Å². The minimum Gasteiger partial charge on any atom is -0.469 e. The Morgan fingerprint density at radius 3 is 3.18 bits per heavy atom. The molecule has 1 heterocycles. The molecule has 0 aliphatic rings. The predicted octanol–water partition coefficient (Wildman–Crippen LogP) is 0.246. The molecule has 0 saturated heterocycles. The summed E-state index contributed by atoms with van der Waals surface area (Å²) in [7, 11) is 1.38. The van der Waals surface area contributed by atoms with Crippen molar-refractivity contribution >= 4 is 5.97 Å². The van der Waals surface area contributed by atoms with Gasteiger partial charge in [-0.15, -0.1) is 0 Å². The average molecular weight is 153 g/mol. The Hall–Kier alpha value is -1.32. The Labute approximate surface area is 64.8 Å². The first kappa shape index (κ1) is 7.78. The molecule has 4 nitrogen and oxygen atoms in total. The van der Waals surface area contributed by atoms with Crippen molar-refractivity contribution in [3.05, 3.63) is 18.7 Å². The van der Waals surface area contributed by atoms with E-state index in [2.05, 4.69) is 15.9 Å². The van der Waals surface area contributed by atoms with E-state index in [4.69, 9.17) is 0 Å². The van der Waals surface area contributed by atoms with Crippen LogP contribution in [0, 0.1) is 6.20 Å². The minimum absolute atomic E-state index is 0.210. The molecule has 11 heavy (non-hydrogen) atoms. The van der Waals surface area contributed by atoms with Crippen LogP contribution in [0.5, 0.6) is 0 Å². The highest BCUT2D eigenvalue weighted by molar-refractivity contribution is 5.68. The maximum Gasteiger partial charge on any atom is 0.307 e. The number of methoxy groups -OCH3 is 1. The first-order valence-electron chi connectivity index (χ1n) is 3.27. The highest BCUT2D eigenvalue weighted by Gasteiger charge is 1.98. The molecule has 0 bridgehead atoms. The molecule has 0 spiro atoms. The van der Waals surface area contributed by atoms with Gasteiger partial charge in [0.05, 0.1) is 19.9 Å². The van der Waals surface area contributed by atoms with Gasteiger partial charge in [-0.3, -0.25) is 4.79 Å². The Bertz CT molecular complexity index is 218. The van der Waals surface area contributed by atoms with Gasteiger partial charge in [0.1, 0.15) is 6.20 Å². The zero-order valence-corrected chi connectivity index (χ0v) is 6.28. The fourth-order valence-corrected chi connectivity index (χ4v) is 0.693. The molecule has 0 N–H and O–H groups in total.